The molecule has 1 aromatic heterocycles. The molecule has 0 aliphatic carbocycles. The number of rotatable bonds is 0. The van der Waals surface area contributed by atoms with Crippen molar-refractivity contribution in [2.75, 3.05) is 0 Å². The number of nitrogens with zero attached hydrogens (tertiary/aromatic N) is 2. The maximum absolute atomic E-state index is 9.52. The van der Waals surface area contributed by atoms with Crippen molar-refractivity contribution in [3.8, 4) is 5.75 Å². The average molecular weight is 182 g/mol. The van der Waals surface area contributed by atoms with Gasteiger partial charge < -0.3 is 5.11 Å². The summed E-state index contributed by atoms with van der Waals surface area (Å²) in [5, 5.41) is 9.52. The summed E-state index contributed by atoms with van der Waals surface area (Å²) in [5.41, 5.74) is 1.94. The summed E-state index contributed by atoms with van der Waals surface area (Å²) in [6.45, 7) is 1.81. The molecule has 1 heterocycles. The fourth-order valence-corrected chi connectivity index (χ4v) is 1.26. The third-order valence-corrected chi connectivity index (χ3v) is 2.05. The van der Waals surface area contributed by atoms with E-state index in [2.05, 4.69) is 11.3 Å². The largest absolute Gasteiger partial charge is 0.505 e. The molecule has 3 nitrogen and oxygen atoms in total. The second-order valence-corrected chi connectivity index (χ2v) is 2.93. The van der Waals surface area contributed by atoms with E-state index in [9.17, 15) is 5.11 Å². The standard InChI is InChI=1S/C8H6ClN2O/c1-5-2-3-6-7(8(5)12)10-4-11(6)9/h2-3,12H,1H3. The van der Waals surface area contributed by atoms with Crippen LogP contribution in [0.1, 0.15) is 5.56 Å². The van der Waals surface area contributed by atoms with Crippen LogP contribution in [0.2, 0.25) is 0 Å². The molecular weight excluding hydrogens is 176 g/mol. The number of aromatic nitrogens is 2. The SMILES string of the molecule is Cc1ccc2c(n[c]n2Cl)c1O. The highest BCUT2D eigenvalue weighted by Crippen LogP contribution is 2.26. The highest BCUT2D eigenvalue weighted by molar-refractivity contribution is 6.18. The molecule has 1 N–H and O–H groups in total. The van der Waals surface area contributed by atoms with E-state index in [0.29, 0.717) is 11.0 Å². The molecule has 0 spiro atoms. The van der Waals surface area contributed by atoms with Gasteiger partial charge in [0.15, 0.2) is 6.33 Å². The minimum atomic E-state index is 0.170. The minimum Gasteiger partial charge on any atom is -0.505 e. The van der Waals surface area contributed by atoms with E-state index in [-0.39, 0.29) is 5.75 Å². The van der Waals surface area contributed by atoms with Crippen LogP contribution < -0.4 is 0 Å². The zero-order valence-electron chi connectivity index (χ0n) is 6.37. The first-order valence-electron chi connectivity index (χ1n) is 3.45. The van der Waals surface area contributed by atoms with E-state index in [4.69, 9.17) is 11.8 Å². The molecule has 0 atom stereocenters. The van der Waals surface area contributed by atoms with E-state index in [0.717, 1.165) is 5.56 Å². The molecule has 0 unspecified atom stereocenters. The first kappa shape index (κ1) is 7.43. The fourth-order valence-electron chi connectivity index (χ4n) is 1.09. The zero-order valence-corrected chi connectivity index (χ0v) is 7.13. The molecule has 0 saturated carbocycles. The quantitative estimate of drug-likeness (QED) is 0.674. The molecule has 0 saturated heterocycles. The number of benzene rings is 1. The monoisotopic (exact) mass is 181 g/mol. The Morgan fingerprint density at radius 1 is 1.58 bits per heavy atom. The second kappa shape index (κ2) is 2.38. The molecule has 0 aliphatic rings. The summed E-state index contributed by atoms with van der Waals surface area (Å²) in [6.07, 6.45) is 2.52. The van der Waals surface area contributed by atoms with Gasteiger partial charge in [0.1, 0.15) is 11.3 Å². The summed E-state index contributed by atoms with van der Waals surface area (Å²) >= 11 is 5.68. The van der Waals surface area contributed by atoms with E-state index in [1.807, 2.05) is 6.92 Å². The lowest BCUT2D eigenvalue weighted by Crippen LogP contribution is -1.79. The predicted molar refractivity (Wildman–Crippen MR) is 46.2 cm³/mol. The maximum Gasteiger partial charge on any atom is 0.193 e. The second-order valence-electron chi connectivity index (χ2n) is 2.59. The molecule has 0 aliphatic heterocycles. The number of halogens is 1. The summed E-state index contributed by atoms with van der Waals surface area (Å²) in [7, 11) is 0. The van der Waals surface area contributed by atoms with Crippen molar-refractivity contribution in [2.24, 2.45) is 0 Å². The average Bonchev–Trinajstić information content (AvgIpc) is 2.41. The van der Waals surface area contributed by atoms with E-state index in [1.165, 1.54) is 4.09 Å². The summed E-state index contributed by atoms with van der Waals surface area (Å²) < 4.78 is 1.23. The number of hydrogen-bond donors (Lipinski definition) is 1. The van der Waals surface area contributed by atoms with Gasteiger partial charge in [-0.25, -0.2) is 9.07 Å². The molecule has 12 heavy (non-hydrogen) atoms. The summed E-state index contributed by atoms with van der Waals surface area (Å²) in [4.78, 5) is 3.83. The molecule has 0 amide bonds. The Kier molecular flexibility index (Phi) is 1.48. The third-order valence-electron chi connectivity index (χ3n) is 1.79. The highest BCUT2D eigenvalue weighted by atomic mass is 35.5. The van der Waals surface area contributed by atoms with Gasteiger partial charge >= 0.3 is 0 Å². The van der Waals surface area contributed by atoms with Gasteiger partial charge in [0.2, 0.25) is 0 Å². The first-order valence-corrected chi connectivity index (χ1v) is 3.79. The van der Waals surface area contributed by atoms with Crippen molar-refractivity contribution in [1.82, 2.24) is 9.07 Å². The molecular formula is C8H6ClN2O. The number of fused-ring (bicyclic) bond motifs is 1. The lowest BCUT2D eigenvalue weighted by atomic mass is 10.2. The third kappa shape index (κ3) is 0.865. The predicted octanol–water partition coefficient (Wildman–Crippen LogP) is 1.85. The lowest BCUT2D eigenvalue weighted by Gasteiger charge is -1.97. The Labute approximate surface area is 74.3 Å². The van der Waals surface area contributed by atoms with Crippen LogP contribution in [-0.2, 0) is 0 Å². The molecule has 2 aromatic rings. The normalized spacial score (nSPS) is 10.8. The Bertz CT molecular complexity index is 436. The van der Waals surface area contributed by atoms with Crippen LogP contribution in [0.15, 0.2) is 12.1 Å². The van der Waals surface area contributed by atoms with E-state index < -0.39 is 0 Å². The zero-order chi connectivity index (χ0) is 8.72. The lowest BCUT2D eigenvalue weighted by molar-refractivity contribution is 0.476. The number of hydrogen-bond acceptors (Lipinski definition) is 2. The Hall–Kier alpha value is -1.22. The van der Waals surface area contributed by atoms with Crippen LogP contribution >= 0.6 is 11.8 Å². The Morgan fingerprint density at radius 2 is 2.33 bits per heavy atom. The number of phenolic OH excluding ortho intramolecular Hbond substituents is 1. The van der Waals surface area contributed by atoms with E-state index in [1.54, 1.807) is 12.1 Å². The van der Waals surface area contributed by atoms with Gasteiger partial charge in [-0.05, 0) is 18.6 Å². The molecule has 61 valence electrons. The van der Waals surface area contributed by atoms with Gasteiger partial charge in [-0.15, -0.1) is 0 Å². The molecule has 4 heteroatoms. The Balaban J connectivity index is 2.93. The topological polar surface area (TPSA) is 38.0 Å². The van der Waals surface area contributed by atoms with Crippen LogP contribution in [0.25, 0.3) is 11.0 Å². The minimum absolute atomic E-state index is 0.170. The molecule has 1 aromatic carbocycles. The van der Waals surface area contributed by atoms with Crippen LogP contribution in [-0.4, -0.2) is 14.2 Å². The van der Waals surface area contributed by atoms with Gasteiger partial charge in [0.05, 0.1) is 5.52 Å². The number of imidazole rings is 1. The summed E-state index contributed by atoms with van der Waals surface area (Å²) in [6, 6.07) is 3.58. The van der Waals surface area contributed by atoms with Crippen molar-refractivity contribution in [3.63, 3.8) is 0 Å². The van der Waals surface area contributed by atoms with Gasteiger partial charge in [0.25, 0.3) is 0 Å². The Morgan fingerprint density at radius 3 is 3.08 bits per heavy atom. The maximum atomic E-state index is 9.52. The van der Waals surface area contributed by atoms with Crippen LogP contribution in [0, 0.1) is 13.3 Å². The van der Waals surface area contributed by atoms with Crippen LogP contribution in [0.3, 0.4) is 0 Å². The van der Waals surface area contributed by atoms with Gasteiger partial charge in [-0.1, -0.05) is 6.07 Å². The van der Waals surface area contributed by atoms with Crippen molar-refractivity contribution in [1.29, 1.82) is 0 Å². The van der Waals surface area contributed by atoms with Crippen LogP contribution in [0.5, 0.6) is 5.75 Å². The molecule has 0 bridgehead atoms. The van der Waals surface area contributed by atoms with Crippen molar-refractivity contribution >= 4 is 22.8 Å². The van der Waals surface area contributed by atoms with Gasteiger partial charge in [-0.3, -0.25) is 0 Å². The molecule has 2 rings (SSSR count). The molecule has 1 radical (unpaired) electrons. The van der Waals surface area contributed by atoms with Crippen molar-refractivity contribution in [3.05, 3.63) is 24.0 Å². The number of aryl methyl sites for hydroxylation is 1. The van der Waals surface area contributed by atoms with Gasteiger partial charge in [0, 0.05) is 11.8 Å². The number of aromatic hydroxyl groups is 1. The van der Waals surface area contributed by atoms with Crippen molar-refractivity contribution < 1.29 is 5.11 Å². The highest BCUT2D eigenvalue weighted by Gasteiger charge is 2.07. The first-order chi connectivity index (χ1) is 5.70. The van der Waals surface area contributed by atoms with Crippen molar-refractivity contribution in [2.45, 2.75) is 6.92 Å². The van der Waals surface area contributed by atoms with E-state index >= 15 is 0 Å². The smallest absolute Gasteiger partial charge is 0.193 e. The van der Waals surface area contributed by atoms with Crippen LogP contribution in [0.4, 0.5) is 0 Å². The molecule has 0 fully saturated rings. The fraction of sp³-hybridized carbons (Fsp3) is 0.125. The summed E-state index contributed by atoms with van der Waals surface area (Å²) in [5.74, 6) is 0.170. The number of phenols is 1. The van der Waals surface area contributed by atoms with Gasteiger partial charge in [-0.2, -0.15) is 0 Å².